The van der Waals surface area contributed by atoms with Gasteiger partial charge < -0.3 is 14.2 Å². The number of amides is 1. The Balaban J connectivity index is 2.16. The van der Waals surface area contributed by atoms with Crippen molar-refractivity contribution in [1.82, 2.24) is 10.3 Å². The van der Waals surface area contributed by atoms with Gasteiger partial charge in [0.1, 0.15) is 0 Å². The normalized spacial score (nSPS) is 11.0. The molecule has 0 heterocycles. The number of ether oxygens (including phenoxy) is 3. The number of carbonyl (C=O) groups is 1. The predicted octanol–water partition coefficient (Wildman–Crippen LogP) is 2.29. The first kappa shape index (κ1) is 21.5. The van der Waals surface area contributed by atoms with Crippen molar-refractivity contribution in [3.63, 3.8) is 0 Å². The number of sulfonamides is 1. The zero-order valence-electron chi connectivity index (χ0n) is 16.2. The van der Waals surface area contributed by atoms with Crippen LogP contribution in [-0.4, -0.2) is 35.7 Å². The number of nitrogens with one attached hydrogen (secondary N) is 2. The second kappa shape index (κ2) is 9.43. The molecule has 2 aromatic carbocycles. The number of benzene rings is 2. The molecule has 2 aromatic rings. The van der Waals surface area contributed by atoms with Crippen molar-refractivity contribution in [2.75, 3.05) is 21.3 Å². The van der Waals surface area contributed by atoms with Crippen LogP contribution >= 0.6 is 0 Å². The van der Waals surface area contributed by atoms with Crippen LogP contribution in [0.3, 0.4) is 0 Å². The lowest BCUT2D eigenvalue weighted by molar-refractivity contribution is 0.0944. The summed E-state index contributed by atoms with van der Waals surface area (Å²) in [6.45, 7) is 2.05. The van der Waals surface area contributed by atoms with Crippen molar-refractivity contribution in [1.29, 1.82) is 0 Å². The van der Waals surface area contributed by atoms with Crippen LogP contribution in [0.4, 0.5) is 0 Å². The van der Waals surface area contributed by atoms with Crippen LogP contribution in [0.1, 0.15) is 29.3 Å². The van der Waals surface area contributed by atoms with Crippen LogP contribution in [-0.2, 0) is 16.4 Å². The van der Waals surface area contributed by atoms with Gasteiger partial charge in [-0.25, -0.2) is 8.42 Å². The number of aryl methyl sites for hydroxylation is 1. The van der Waals surface area contributed by atoms with Gasteiger partial charge >= 0.3 is 0 Å². The largest absolute Gasteiger partial charge is 0.493 e. The first-order valence-electron chi connectivity index (χ1n) is 8.57. The van der Waals surface area contributed by atoms with E-state index in [1.165, 1.54) is 45.6 Å². The fourth-order valence-electron chi connectivity index (χ4n) is 2.58. The third-order valence-corrected chi connectivity index (χ3v) is 5.26. The summed E-state index contributed by atoms with van der Waals surface area (Å²) in [6.07, 6.45) is 1.83. The summed E-state index contributed by atoms with van der Waals surface area (Å²) in [7, 11) is 0.377. The molecule has 2 N–H and O–H groups in total. The molecule has 0 bridgehead atoms. The van der Waals surface area contributed by atoms with Crippen molar-refractivity contribution >= 4 is 15.9 Å². The maximum atomic E-state index is 12.4. The molecule has 0 spiro atoms. The van der Waals surface area contributed by atoms with Gasteiger partial charge in [-0.3, -0.25) is 10.2 Å². The van der Waals surface area contributed by atoms with E-state index in [9.17, 15) is 13.2 Å². The number of rotatable bonds is 9. The second-order valence-corrected chi connectivity index (χ2v) is 7.55. The summed E-state index contributed by atoms with van der Waals surface area (Å²) in [6, 6.07) is 9.34. The van der Waals surface area contributed by atoms with Gasteiger partial charge in [0.05, 0.1) is 26.2 Å². The van der Waals surface area contributed by atoms with E-state index in [4.69, 9.17) is 14.2 Å². The third-order valence-electron chi connectivity index (χ3n) is 4.00. The molecule has 0 fully saturated rings. The Labute approximate surface area is 164 Å². The van der Waals surface area contributed by atoms with Crippen LogP contribution in [0, 0.1) is 0 Å². The lowest BCUT2D eigenvalue weighted by atomic mass is 10.1. The Morgan fingerprint density at radius 1 is 0.964 bits per heavy atom. The van der Waals surface area contributed by atoms with Gasteiger partial charge in [-0.1, -0.05) is 25.5 Å². The van der Waals surface area contributed by atoms with Crippen molar-refractivity contribution in [3.05, 3.63) is 47.5 Å². The molecule has 0 unspecified atom stereocenters. The van der Waals surface area contributed by atoms with E-state index in [-0.39, 0.29) is 22.0 Å². The highest BCUT2D eigenvalue weighted by Crippen LogP contribution is 2.38. The van der Waals surface area contributed by atoms with Gasteiger partial charge in [0.25, 0.3) is 15.9 Å². The zero-order chi connectivity index (χ0) is 20.7. The summed E-state index contributed by atoms with van der Waals surface area (Å²) in [4.78, 5) is 14.5. The van der Waals surface area contributed by atoms with Gasteiger partial charge in [-0.15, -0.1) is 4.83 Å². The number of hydrazine groups is 1. The highest BCUT2D eigenvalue weighted by atomic mass is 32.2. The van der Waals surface area contributed by atoms with E-state index in [0.717, 1.165) is 18.4 Å². The summed E-state index contributed by atoms with van der Waals surface area (Å²) < 4.78 is 40.4. The maximum Gasteiger partial charge on any atom is 0.266 e. The number of carbonyl (C=O) groups excluding carboxylic acids is 1. The molecule has 0 radical (unpaired) electrons. The van der Waals surface area contributed by atoms with E-state index >= 15 is 0 Å². The zero-order valence-corrected chi connectivity index (χ0v) is 17.1. The third kappa shape index (κ3) is 4.93. The van der Waals surface area contributed by atoms with Crippen molar-refractivity contribution in [2.45, 2.75) is 24.7 Å². The lowest BCUT2D eigenvalue weighted by Gasteiger charge is -2.14. The highest BCUT2D eigenvalue weighted by molar-refractivity contribution is 7.89. The van der Waals surface area contributed by atoms with E-state index in [1.54, 1.807) is 12.1 Å². The molecule has 1 amide bonds. The fourth-order valence-corrected chi connectivity index (χ4v) is 3.42. The van der Waals surface area contributed by atoms with Gasteiger partial charge in [0.2, 0.25) is 5.75 Å². The van der Waals surface area contributed by atoms with Gasteiger partial charge in [0, 0.05) is 5.56 Å². The minimum absolute atomic E-state index is 0.0533. The number of methoxy groups -OCH3 is 3. The molecule has 0 aromatic heterocycles. The molecule has 0 saturated heterocycles. The molecule has 152 valence electrons. The topological polar surface area (TPSA) is 103 Å². The van der Waals surface area contributed by atoms with Crippen LogP contribution in [0.2, 0.25) is 0 Å². The summed E-state index contributed by atoms with van der Waals surface area (Å²) in [5.41, 5.74) is 3.37. The first-order valence-corrected chi connectivity index (χ1v) is 10.1. The van der Waals surface area contributed by atoms with Crippen molar-refractivity contribution < 1.29 is 27.4 Å². The minimum Gasteiger partial charge on any atom is -0.493 e. The molecule has 9 heteroatoms. The van der Waals surface area contributed by atoms with Crippen molar-refractivity contribution in [3.8, 4) is 17.2 Å². The summed E-state index contributed by atoms with van der Waals surface area (Å²) in [5.74, 6) is 0.211. The van der Waals surface area contributed by atoms with Gasteiger partial charge in [-0.2, -0.15) is 0 Å². The Morgan fingerprint density at radius 3 is 2.00 bits per heavy atom. The standard InChI is InChI=1S/C19H24N2O6S/c1-5-6-13-7-9-15(10-8-13)28(23,24)21-20-19(22)14-11-16(25-2)18(27-4)17(12-14)26-3/h7-12,21H,5-6H2,1-4H3,(H,20,22). The molecule has 28 heavy (non-hydrogen) atoms. The first-order chi connectivity index (χ1) is 13.4. The second-order valence-electron chi connectivity index (χ2n) is 5.87. The highest BCUT2D eigenvalue weighted by Gasteiger charge is 2.19. The van der Waals surface area contributed by atoms with Crippen LogP contribution in [0.25, 0.3) is 0 Å². The summed E-state index contributed by atoms with van der Waals surface area (Å²) in [5, 5.41) is 0. The Kier molecular flexibility index (Phi) is 7.24. The van der Waals surface area contributed by atoms with Gasteiger partial charge in [-0.05, 0) is 36.2 Å². The monoisotopic (exact) mass is 408 g/mol. The van der Waals surface area contributed by atoms with Gasteiger partial charge in [0.15, 0.2) is 11.5 Å². The molecule has 0 saturated carbocycles. The van der Waals surface area contributed by atoms with Crippen LogP contribution in [0.5, 0.6) is 17.2 Å². The van der Waals surface area contributed by atoms with E-state index in [1.807, 2.05) is 6.92 Å². The molecule has 8 nitrogen and oxygen atoms in total. The lowest BCUT2D eigenvalue weighted by Crippen LogP contribution is -2.41. The fraction of sp³-hybridized carbons (Fsp3) is 0.316. The molecule has 0 aliphatic rings. The smallest absolute Gasteiger partial charge is 0.266 e. The van der Waals surface area contributed by atoms with Crippen LogP contribution < -0.4 is 24.5 Å². The Bertz CT molecular complexity index is 901. The average molecular weight is 408 g/mol. The molecule has 0 atom stereocenters. The molecule has 0 aliphatic carbocycles. The minimum atomic E-state index is -3.91. The van der Waals surface area contributed by atoms with Crippen molar-refractivity contribution in [2.24, 2.45) is 0 Å². The Hall–Kier alpha value is -2.78. The average Bonchev–Trinajstić information content (AvgIpc) is 2.71. The van der Waals surface area contributed by atoms with E-state index in [2.05, 4.69) is 10.3 Å². The summed E-state index contributed by atoms with van der Waals surface area (Å²) >= 11 is 0. The maximum absolute atomic E-state index is 12.4. The molecular weight excluding hydrogens is 384 g/mol. The SMILES string of the molecule is CCCc1ccc(S(=O)(=O)NNC(=O)c2cc(OC)c(OC)c(OC)c2)cc1. The quantitative estimate of drug-likeness (QED) is 0.617. The Morgan fingerprint density at radius 2 is 1.54 bits per heavy atom. The molecule has 0 aliphatic heterocycles. The molecular formula is C19H24N2O6S. The van der Waals surface area contributed by atoms with Crippen LogP contribution in [0.15, 0.2) is 41.3 Å². The number of hydrogen-bond acceptors (Lipinski definition) is 6. The van der Waals surface area contributed by atoms with E-state index in [0.29, 0.717) is 5.75 Å². The number of hydrogen-bond donors (Lipinski definition) is 2. The van der Waals surface area contributed by atoms with E-state index < -0.39 is 15.9 Å². The molecule has 2 rings (SSSR count). The predicted molar refractivity (Wildman–Crippen MR) is 104 cm³/mol.